The van der Waals surface area contributed by atoms with Gasteiger partial charge in [0.05, 0.1) is 0 Å². The molecule has 1 N–H and O–H groups in total. The van der Waals surface area contributed by atoms with Crippen LogP contribution in [0.4, 0.5) is 10.1 Å². The van der Waals surface area contributed by atoms with Crippen molar-refractivity contribution in [3.05, 3.63) is 28.5 Å². The van der Waals surface area contributed by atoms with Gasteiger partial charge in [0.2, 0.25) is 5.91 Å². The number of nitrogens with zero attached hydrogens (tertiary/aromatic N) is 2. The standard InChI is InChI=1S/C9H9BrFN3O/c1-6(15)12-5-13-14-9-4-7(11)2-3-8(9)10/h2-4H,5H2,1H3,(H,12,15). The fourth-order valence-electron chi connectivity index (χ4n) is 0.821. The van der Waals surface area contributed by atoms with E-state index >= 15 is 0 Å². The van der Waals surface area contributed by atoms with Crippen molar-refractivity contribution in [2.75, 3.05) is 6.67 Å². The molecular weight excluding hydrogens is 265 g/mol. The smallest absolute Gasteiger partial charge is 0.218 e. The first-order valence-corrected chi connectivity index (χ1v) is 4.96. The molecule has 1 aromatic carbocycles. The lowest BCUT2D eigenvalue weighted by Crippen LogP contribution is -2.18. The molecule has 80 valence electrons. The fourth-order valence-corrected chi connectivity index (χ4v) is 1.15. The molecule has 0 unspecified atom stereocenters. The lowest BCUT2D eigenvalue weighted by Gasteiger charge is -1.97. The molecule has 0 saturated carbocycles. The number of amides is 1. The summed E-state index contributed by atoms with van der Waals surface area (Å²) in [5, 5.41) is 9.88. The zero-order valence-electron chi connectivity index (χ0n) is 8.00. The Morgan fingerprint density at radius 1 is 1.60 bits per heavy atom. The zero-order chi connectivity index (χ0) is 11.3. The van der Waals surface area contributed by atoms with Crippen molar-refractivity contribution >= 4 is 27.5 Å². The van der Waals surface area contributed by atoms with Crippen LogP contribution in [0.1, 0.15) is 6.92 Å². The minimum absolute atomic E-state index is 0.0816. The van der Waals surface area contributed by atoms with Gasteiger partial charge in [0.15, 0.2) is 0 Å². The van der Waals surface area contributed by atoms with E-state index in [0.29, 0.717) is 10.2 Å². The van der Waals surface area contributed by atoms with Gasteiger partial charge in [-0.25, -0.2) is 4.39 Å². The third-order valence-electron chi connectivity index (χ3n) is 1.49. The highest BCUT2D eigenvalue weighted by Crippen LogP contribution is 2.25. The second-order valence-electron chi connectivity index (χ2n) is 2.73. The molecule has 0 bridgehead atoms. The Morgan fingerprint density at radius 3 is 3.00 bits per heavy atom. The van der Waals surface area contributed by atoms with Crippen LogP contribution in [0.15, 0.2) is 32.9 Å². The summed E-state index contributed by atoms with van der Waals surface area (Å²) in [6.45, 7) is 1.46. The fraction of sp³-hybridized carbons (Fsp3) is 0.222. The molecule has 0 aliphatic heterocycles. The van der Waals surface area contributed by atoms with E-state index in [1.54, 1.807) is 6.07 Å². The van der Waals surface area contributed by atoms with Gasteiger partial charge in [0.1, 0.15) is 18.2 Å². The molecule has 1 rings (SSSR count). The van der Waals surface area contributed by atoms with E-state index in [0.717, 1.165) is 0 Å². The van der Waals surface area contributed by atoms with Crippen LogP contribution in [0.5, 0.6) is 0 Å². The maximum Gasteiger partial charge on any atom is 0.218 e. The summed E-state index contributed by atoms with van der Waals surface area (Å²) in [6, 6.07) is 4.11. The number of hydrogen-bond donors (Lipinski definition) is 1. The maximum atomic E-state index is 12.8. The molecule has 0 heterocycles. The normalized spacial score (nSPS) is 10.6. The molecule has 1 aromatic rings. The SMILES string of the molecule is CC(=O)NCN=Nc1cc(F)ccc1Br. The van der Waals surface area contributed by atoms with Gasteiger partial charge < -0.3 is 5.32 Å². The van der Waals surface area contributed by atoms with Gasteiger partial charge in [-0.15, -0.1) is 0 Å². The average molecular weight is 274 g/mol. The lowest BCUT2D eigenvalue weighted by atomic mass is 10.3. The minimum atomic E-state index is -0.383. The van der Waals surface area contributed by atoms with E-state index in [-0.39, 0.29) is 18.4 Å². The van der Waals surface area contributed by atoms with E-state index < -0.39 is 0 Å². The predicted octanol–water partition coefficient (Wildman–Crippen LogP) is 2.77. The first kappa shape index (κ1) is 11.8. The van der Waals surface area contributed by atoms with E-state index in [1.807, 2.05) is 0 Å². The van der Waals surface area contributed by atoms with Crippen LogP contribution in [0.3, 0.4) is 0 Å². The van der Waals surface area contributed by atoms with Crippen LogP contribution in [0.2, 0.25) is 0 Å². The summed E-state index contributed by atoms with van der Waals surface area (Å²) in [6.07, 6.45) is 0. The summed E-state index contributed by atoms with van der Waals surface area (Å²) in [5.41, 5.74) is 0.389. The number of halogens is 2. The van der Waals surface area contributed by atoms with Gasteiger partial charge in [0, 0.05) is 17.5 Å². The molecule has 15 heavy (non-hydrogen) atoms. The predicted molar refractivity (Wildman–Crippen MR) is 57.3 cm³/mol. The molecule has 1 amide bonds. The summed E-state index contributed by atoms with van der Waals surface area (Å²) in [5.74, 6) is -0.570. The van der Waals surface area contributed by atoms with Crippen molar-refractivity contribution in [3.8, 4) is 0 Å². The lowest BCUT2D eigenvalue weighted by molar-refractivity contribution is -0.118. The first-order chi connectivity index (χ1) is 7.09. The number of carbonyl (C=O) groups is 1. The first-order valence-electron chi connectivity index (χ1n) is 4.16. The largest absolute Gasteiger partial charge is 0.335 e. The molecule has 4 nitrogen and oxygen atoms in total. The highest BCUT2D eigenvalue weighted by Gasteiger charge is 1.99. The van der Waals surface area contributed by atoms with E-state index in [9.17, 15) is 9.18 Å². The second-order valence-corrected chi connectivity index (χ2v) is 3.58. The van der Waals surface area contributed by atoms with Gasteiger partial charge in [-0.05, 0) is 28.1 Å². The van der Waals surface area contributed by atoms with Crippen LogP contribution in [-0.2, 0) is 4.79 Å². The third kappa shape index (κ3) is 4.16. The van der Waals surface area contributed by atoms with Crippen LogP contribution < -0.4 is 5.32 Å². The van der Waals surface area contributed by atoms with Crippen molar-refractivity contribution in [1.29, 1.82) is 0 Å². The van der Waals surface area contributed by atoms with Crippen molar-refractivity contribution in [3.63, 3.8) is 0 Å². The monoisotopic (exact) mass is 273 g/mol. The summed E-state index contributed by atoms with van der Waals surface area (Å²) in [7, 11) is 0. The van der Waals surface area contributed by atoms with Gasteiger partial charge in [0.25, 0.3) is 0 Å². The number of benzene rings is 1. The molecule has 0 aromatic heterocycles. The van der Waals surface area contributed by atoms with Crippen LogP contribution in [0, 0.1) is 5.82 Å². The second kappa shape index (κ2) is 5.55. The Bertz CT molecular complexity index is 395. The third-order valence-corrected chi connectivity index (χ3v) is 2.16. The van der Waals surface area contributed by atoms with Gasteiger partial charge in [-0.3, -0.25) is 4.79 Å². The highest BCUT2D eigenvalue weighted by molar-refractivity contribution is 9.10. The molecule has 0 aliphatic rings. The number of hydrogen-bond acceptors (Lipinski definition) is 3. The molecule has 0 atom stereocenters. The topological polar surface area (TPSA) is 53.8 Å². The summed E-state index contributed by atoms with van der Waals surface area (Å²) in [4.78, 5) is 10.5. The van der Waals surface area contributed by atoms with E-state index in [4.69, 9.17) is 0 Å². The number of azo groups is 1. The van der Waals surface area contributed by atoms with Crippen LogP contribution in [-0.4, -0.2) is 12.6 Å². The van der Waals surface area contributed by atoms with Crippen molar-refractivity contribution in [2.45, 2.75) is 6.92 Å². The van der Waals surface area contributed by atoms with E-state index in [2.05, 4.69) is 31.5 Å². The van der Waals surface area contributed by atoms with Crippen LogP contribution >= 0.6 is 15.9 Å². The van der Waals surface area contributed by atoms with Crippen molar-refractivity contribution in [2.24, 2.45) is 10.2 Å². The molecule has 0 spiro atoms. The molecular formula is C9H9BrFN3O. The Balaban J connectivity index is 2.63. The molecule has 0 fully saturated rings. The van der Waals surface area contributed by atoms with Crippen LogP contribution in [0.25, 0.3) is 0 Å². The van der Waals surface area contributed by atoms with Crippen molar-refractivity contribution in [1.82, 2.24) is 5.32 Å². The zero-order valence-corrected chi connectivity index (χ0v) is 9.58. The number of rotatable bonds is 3. The summed E-state index contributed by atoms with van der Waals surface area (Å²) >= 11 is 3.20. The van der Waals surface area contributed by atoms with Gasteiger partial charge in [-0.2, -0.15) is 10.2 Å². The van der Waals surface area contributed by atoms with Gasteiger partial charge >= 0.3 is 0 Å². The Morgan fingerprint density at radius 2 is 2.33 bits per heavy atom. The highest BCUT2D eigenvalue weighted by atomic mass is 79.9. The van der Waals surface area contributed by atoms with Crippen molar-refractivity contribution < 1.29 is 9.18 Å². The van der Waals surface area contributed by atoms with E-state index in [1.165, 1.54) is 19.1 Å². The minimum Gasteiger partial charge on any atom is -0.335 e. The molecule has 0 saturated heterocycles. The summed E-state index contributed by atoms with van der Waals surface area (Å²) < 4.78 is 13.4. The van der Waals surface area contributed by atoms with Gasteiger partial charge in [-0.1, -0.05) is 0 Å². The Kier molecular flexibility index (Phi) is 4.36. The maximum absolute atomic E-state index is 12.8. The number of carbonyl (C=O) groups excluding carboxylic acids is 1. The average Bonchev–Trinajstić information content (AvgIpc) is 2.17. The Hall–Kier alpha value is -1.30. The Labute approximate surface area is 94.7 Å². The molecule has 0 aliphatic carbocycles. The quantitative estimate of drug-likeness (QED) is 0.846. The molecule has 0 radical (unpaired) electrons. The number of nitrogens with one attached hydrogen (secondary N) is 1. The molecule has 6 heteroatoms.